The lowest BCUT2D eigenvalue weighted by molar-refractivity contribution is -0.124. The summed E-state index contributed by atoms with van der Waals surface area (Å²) in [7, 11) is 1.43. The maximum absolute atomic E-state index is 12.1. The van der Waals surface area contributed by atoms with Crippen molar-refractivity contribution in [3.63, 3.8) is 0 Å². The predicted octanol–water partition coefficient (Wildman–Crippen LogP) is 3.52. The number of esters is 1. The van der Waals surface area contributed by atoms with Crippen LogP contribution in [0.1, 0.15) is 15.9 Å². The Bertz CT molecular complexity index is 747. The van der Waals surface area contributed by atoms with Gasteiger partial charge in [0, 0.05) is 16.6 Å². The first-order valence-corrected chi connectivity index (χ1v) is 8.27. The molecule has 0 aliphatic heterocycles. The minimum Gasteiger partial charge on any atom is -0.496 e. The van der Waals surface area contributed by atoms with Gasteiger partial charge in [0.1, 0.15) is 11.3 Å². The molecule has 0 aliphatic carbocycles. The summed E-state index contributed by atoms with van der Waals surface area (Å²) in [6.45, 7) is 0.0492. The number of rotatable bonds is 7. The topological polar surface area (TPSA) is 64.6 Å². The fraction of sp³-hybridized carbons (Fsp3) is 0.222. The zero-order valence-electron chi connectivity index (χ0n) is 13.6. The number of carbonyl (C=O) groups excluding carboxylic acids is 2. The van der Waals surface area contributed by atoms with Crippen molar-refractivity contribution in [2.45, 2.75) is 6.42 Å². The van der Waals surface area contributed by atoms with Gasteiger partial charge >= 0.3 is 5.97 Å². The standard InChI is InChI=1S/C18H17Cl2NO4/c1-24-16-7-6-14(20)10-15(16)18(23)25-11-17(22)21-9-8-12-2-4-13(19)5-3-12/h2-7,10H,8-9,11H2,1H3,(H,21,22). The van der Waals surface area contributed by atoms with Crippen LogP contribution in [0.3, 0.4) is 0 Å². The van der Waals surface area contributed by atoms with Gasteiger partial charge in [-0.15, -0.1) is 0 Å². The summed E-state index contributed by atoms with van der Waals surface area (Å²) in [6.07, 6.45) is 0.652. The molecular formula is C18H17Cl2NO4. The Hall–Kier alpha value is -2.24. The van der Waals surface area contributed by atoms with Crippen LogP contribution in [0.2, 0.25) is 10.0 Å². The van der Waals surface area contributed by atoms with Gasteiger partial charge in [0.25, 0.3) is 5.91 Å². The van der Waals surface area contributed by atoms with Crippen LogP contribution in [-0.4, -0.2) is 32.1 Å². The summed E-state index contributed by atoms with van der Waals surface area (Å²) in [5.74, 6) is -0.729. The SMILES string of the molecule is COc1ccc(Cl)cc1C(=O)OCC(=O)NCCc1ccc(Cl)cc1. The Morgan fingerprint density at radius 1 is 1.04 bits per heavy atom. The zero-order chi connectivity index (χ0) is 18.2. The largest absolute Gasteiger partial charge is 0.496 e. The molecule has 5 nitrogen and oxygen atoms in total. The second kappa shape index (κ2) is 9.30. The Morgan fingerprint density at radius 2 is 1.72 bits per heavy atom. The van der Waals surface area contributed by atoms with E-state index in [2.05, 4.69) is 5.32 Å². The van der Waals surface area contributed by atoms with E-state index in [-0.39, 0.29) is 18.1 Å². The van der Waals surface area contributed by atoms with E-state index in [9.17, 15) is 9.59 Å². The van der Waals surface area contributed by atoms with Gasteiger partial charge in [-0.3, -0.25) is 4.79 Å². The van der Waals surface area contributed by atoms with Crippen molar-refractivity contribution in [1.29, 1.82) is 0 Å². The molecule has 2 aromatic carbocycles. The maximum atomic E-state index is 12.1. The van der Waals surface area contributed by atoms with Crippen LogP contribution in [0.15, 0.2) is 42.5 Å². The van der Waals surface area contributed by atoms with Gasteiger partial charge in [0.15, 0.2) is 6.61 Å². The van der Waals surface area contributed by atoms with E-state index in [1.165, 1.54) is 13.2 Å². The molecule has 2 aromatic rings. The minimum atomic E-state index is -0.674. The number of methoxy groups -OCH3 is 1. The second-order valence-corrected chi connectivity index (χ2v) is 6.02. The van der Waals surface area contributed by atoms with Crippen molar-refractivity contribution >= 4 is 35.1 Å². The lowest BCUT2D eigenvalue weighted by atomic mass is 10.1. The van der Waals surface area contributed by atoms with Gasteiger partial charge in [0.2, 0.25) is 0 Å². The quantitative estimate of drug-likeness (QED) is 0.745. The van der Waals surface area contributed by atoms with Crippen molar-refractivity contribution in [2.75, 3.05) is 20.3 Å². The molecule has 0 atom stereocenters. The Morgan fingerprint density at radius 3 is 2.40 bits per heavy atom. The maximum Gasteiger partial charge on any atom is 0.342 e. The first-order valence-electron chi connectivity index (χ1n) is 7.51. The molecule has 0 heterocycles. The van der Waals surface area contributed by atoms with E-state index in [0.29, 0.717) is 28.8 Å². The number of hydrogen-bond donors (Lipinski definition) is 1. The van der Waals surface area contributed by atoms with E-state index >= 15 is 0 Å². The molecule has 0 saturated heterocycles. The van der Waals surface area contributed by atoms with Crippen molar-refractivity contribution in [3.8, 4) is 5.75 Å². The number of hydrogen-bond acceptors (Lipinski definition) is 4. The van der Waals surface area contributed by atoms with E-state index in [0.717, 1.165) is 5.56 Å². The molecule has 0 radical (unpaired) electrons. The molecule has 1 N–H and O–H groups in total. The highest BCUT2D eigenvalue weighted by Crippen LogP contribution is 2.23. The first kappa shape index (κ1) is 19.1. The van der Waals surface area contributed by atoms with E-state index in [4.69, 9.17) is 32.7 Å². The van der Waals surface area contributed by atoms with Crippen LogP contribution < -0.4 is 10.1 Å². The number of amides is 1. The fourth-order valence-electron chi connectivity index (χ4n) is 2.10. The molecule has 7 heteroatoms. The van der Waals surface area contributed by atoms with Crippen LogP contribution in [0.5, 0.6) is 5.75 Å². The Kier molecular flexibility index (Phi) is 7.10. The second-order valence-electron chi connectivity index (χ2n) is 5.15. The third-order valence-electron chi connectivity index (χ3n) is 3.36. The van der Waals surface area contributed by atoms with Crippen molar-refractivity contribution in [2.24, 2.45) is 0 Å². The summed E-state index contributed by atoms with van der Waals surface area (Å²) in [5, 5.41) is 3.72. The first-order chi connectivity index (χ1) is 12.0. The van der Waals surface area contributed by atoms with Crippen LogP contribution in [-0.2, 0) is 16.0 Å². The predicted molar refractivity (Wildman–Crippen MR) is 96.5 cm³/mol. The van der Waals surface area contributed by atoms with E-state index in [1.807, 2.05) is 12.1 Å². The van der Waals surface area contributed by atoms with Gasteiger partial charge in [0.05, 0.1) is 7.11 Å². The highest BCUT2D eigenvalue weighted by molar-refractivity contribution is 6.31. The molecule has 0 unspecified atom stereocenters. The van der Waals surface area contributed by atoms with Crippen LogP contribution in [0, 0.1) is 0 Å². The van der Waals surface area contributed by atoms with Gasteiger partial charge in [-0.05, 0) is 42.3 Å². The molecule has 0 saturated carbocycles. The smallest absolute Gasteiger partial charge is 0.342 e. The van der Waals surface area contributed by atoms with Gasteiger partial charge in [-0.25, -0.2) is 4.79 Å². The summed E-state index contributed by atoms with van der Waals surface area (Å²) >= 11 is 11.7. The van der Waals surface area contributed by atoms with Crippen LogP contribution in [0.25, 0.3) is 0 Å². The van der Waals surface area contributed by atoms with E-state index in [1.54, 1.807) is 24.3 Å². The minimum absolute atomic E-state index is 0.170. The molecule has 0 spiro atoms. The lowest BCUT2D eigenvalue weighted by Gasteiger charge is -2.09. The summed E-state index contributed by atoms with van der Waals surface area (Å²) in [4.78, 5) is 23.8. The van der Waals surface area contributed by atoms with Crippen molar-refractivity contribution < 1.29 is 19.1 Å². The van der Waals surface area contributed by atoms with Gasteiger partial charge < -0.3 is 14.8 Å². The monoisotopic (exact) mass is 381 g/mol. The number of ether oxygens (including phenoxy) is 2. The average molecular weight is 382 g/mol. The molecular weight excluding hydrogens is 365 g/mol. The number of halogens is 2. The zero-order valence-corrected chi connectivity index (χ0v) is 15.1. The third-order valence-corrected chi connectivity index (χ3v) is 3.85. The number of carbonyl (C=O) groups is 2. The average Bonchev–Trinajstić information content (AvgIpc) is 2.61. The van der Waals surface area contributed by atoms with Crippen LogP contribution >= 0.6 is 23.2 Å². The molecule has 25 heavy (non-hydrogen) atoms. The highest BCUT2D eigenvalue weighted by Gasteiger charge is 2.15. The Labute approximate surface area is 155 Å². The third kappa shape index (κ3) is 5.96. The normalized spacial score (nSPS) is 10.2. The summed E-state index contributed by atoms with van der Waals surface area (Å²) in [6, 6.07) is 11.9. The molecule has 2 rings (SSSR count). The van der Waals surface area contributed by atoms with Gasteiger partial charge in [-0.1, -0.05) is 35.3 Å². The highest BCUT2D eigenvalue weighted by atomic mass is 35.5. The molecule has 0 bridgehead atoms. The lowest BCUT2D eigenvalue weighted by Crippen LogP contribution is -2.30. The molecule has 1 amide bonds. The molecule has 0 fully saturated rings. The number of benzene rings is 2. The van der Waals surface area contributed by atoms with Crippen molar-refractivity contribution in [1.82, 2.24) is 5.32 Å². The summed E-state index contributed by atoms with van der Waals surface area (Å²) in [5.41, 5.74) is 1.22. The van der Waals surface area contributed by atoms with E-state index < -0.39 is 5.97 Å². The van der Waals surface area contributed by atoms with Crippen molar-refractivity contribution in [3.05, 3.63) is 63.6 Å². The fourth-order valence-corrected chi connectivity index (χ4v) is 2.40. The van der Waals surface area contributed by atoms with Crippen LogP contribution in [0.4, 0.5) is 0 Å². The summed E-state index contributed by atoms with van der Waals surface area (Å²) < 4.78 is 10.1. The molecule has 132 valence electrons. The molecule has 0 aliphatic rings. The molecule has 0 aromatic heterocycles. The van der Waals surface area contributed by atoms with Gasteiger partial charge in [-0.2, -0.15) is 0 Å². The number of nitrogens with one attached hydrogen (secondary N) is 1. The Balaban J connectivity index is 1.78.